The van der Waals surface area contributed by atoms with Crippen molar-refractivity contribution in [2.45, 2.75) is 20.3 Å². The molecule has 5 nitrogen and oxygen atoms in total. The van der Waals surface area contributed by atoms with Gasteiger partial charge in [-0.3, -0.25) is 4.79 Å². The number of carbonyl (C=O) groups excluding carboxylic acids is 1. The molecule has 1 aromatic carbocycles. The first-order valence-corrected chi connectivity index (χ1v) is 8.18. The van der Waals surface area contributed by atoms with E-state index in [0.29, 0.717) is 23.4 Å². The topological polar surface area (TPSA) is 81.8 Å². The van der Waals surface area contributed by atoms with E-state index < -0.39 is 11.7 Å². The number of nitrogens with zero attached hydrogens (tertiary/aromatic N) is 3. The Bertz CT molecular complexity index is 905. The van der Waals surface area contributed by atoms with Crippen molar-refractivity contribution < 1.29 is 9.18 Å². The molecule has 0 atom stereocenters. The van der Waals surface area contributed by atoms with E-state index in [-0.39, 0.29) is 0 Å². The molecule has 1 amide bonds. The molecule has 24 heavy (non-hydrogen) atoms. The van der Waals surface area contributed by atoms with Crippen molar-refractivity contribution in [3.8, 4) is 21.8 Å². The van der Waals surface area contributed by atoms with E-state index in [2.05, 4.69) is 15.0 Å². The van der Waals surface area contributed by atoms with Gasteiger partial charge in [0.15, 0.2) is 11.6 Å². The highest BCUT2D eigenvalue weighted by Crippen LogP contribution is 2.34. The van der Waals surface area contributed by atoms with Gasteiger partial charge in [-0.15, -0.1) is 11.3 Å². The van der Waals surface area contributed by atoms with Crippen LogP contribution in [0.1, 0.15) is 27.9 Å². The molecule has 0 saturated heterocycles. The molecule has 3 aromatic rings. The monoisotopic (exact) mass is 342 g/mol. The molecule has 0 radical (unpaired) electrons. The average Bonchev–Trinajstić information content (AvgIpc) is 3.00. The van der Waals surface area contributed by atoms with Crippen LogP contribution in [0.5, 0.6) is 0 Å². The predicted molar refractivity (Wildman–Crippen MR) is 91.2 cm³/mol. The van der Waals surface area contributed by atoms with Gasteiger partial charge >= 0.3 is 0 Å². The lowest BCUT2D eigenvalue weighted by Crippen LogP contribution is -2.14. The number of amides is 1. The zero-order valence-electron chi connectivity index (χ0n) is 13.2. The van der Waals surface area contributed by atoms with Gasteiger partial charge in [0, 0.05) is 17.3 Å². The number of rotatable bonds is 4. The summed E-state index contributed by atoms with van der Waals surface area (Å²) < 4.78 is 13.1. The van der Waals surface area contributed by atoms with Crippen LogP contribution < -0.4 is 5.73 Å². The molecule has 0 unspecified atom stereocenters. The fraction of sp³-hybridized carbons (Fsp3) is 0.176. The highest BCUT2D eigenvalue weighted by Gasteiger charge is 2.18. The zero-order chi connectivity index (χ0) is 17.3. The summed E-state index contributed by atoms with van der Waals surface area (Å²) in [6, 6.07) is 3.55. The van der Waals surface area contributed by atoms with E-state index in [0.717, 1.165) is 33.4 Å². The zero-order valence-corrected chi connectivity index (χ0v) is 14.0. The van der Waals surface area contributed by atoms with E-state index in [4.69, 9.17) is 5.73 Å². The molecule has 0 fully saturated rings. The molecule has 0 saturated carbocycles. The number of carbonyl (C=O) groups is 1. The van der Waals surface area contributed by atoms with Crippen LogP contribution in [0, 0.1) is 12.7 Å². The van der Waals surface area contributed by atoms with Gasteiger partial charge in [-0.1, -0.05) is 6.92 Å². The normalized spacial score (nSPS) is 10.8. The van der Waals surface area contributed by atoms with Gasteiger partial charge in [-0.25, -0.2) is 19.3 Å². The van der Waals surface area contributed by atoms with Crippen molar-refractivity contribution >= 4 is 17.2 Å². The third-order valence-electron chi connectivity index (χ3n) is 3.63. The second-order valence-corrected chi connectivity index (χ2v) is 6.47. The summed E-state index contributed by atoms with van der Waals surface area (Å²) >= 11 is 1.53. The summed E-state index contributed by atoms with van der Waals surface area (Å²) in [4.78, 5) is 25.1. The fourth-order valence-electron chi connectivity index (χ4n) is 2.57. The molecule has 2 N–H and O–H groups in total. The van der Waals surface area contributed by atoms with Crippen LogP contribution in [0.4, 0.5) is 4.39 Å². The number of thiazole rings is 1. The van der Waals surface area contributed by atoms with Gasteiger partial charge in [0.1, 0.15) is 0 Å². The summed E-state index contributed by atoms with van der Waals surface area (Å²) in [5.74, 6) is -0.695. The smallest absolute Gasteiger partial charge is 0.249 e. The van der Waals surface area contributed by atoms with E-state index in [1.54, 1.807) is 12.3 Å². The van der Waals surface area contributed by atoms with E-state index >= 15 is 0 Å². The summed E-state index contributed by atoms with van der Waals surface area (Å²) in [7, 11) is 0. The van der Waals surface area contributed by atoms with Crippen LogP contribution in [0.2, 0.25) is 0 Å². The molecule has 7 heteroatoms. The number of benzene rings is 1. The first-order chi connectivity index (χ1) is 11.5. The first-order valence-electron chi connectivity index (χ1n) is 7.37. The lowest BCUT2D eigenvalue weighted by Gasteiger charge is -2.13. The minimum absolute atomic E-state index is 0.337. The van der Waals surface area contributed by atoms with E-state index in [1.807, 2.05) is 19.9 Å². The minimum atomic E-state index is -0.516. The Hall–Kier alpha value is -2.67. The maximum absolute atomic E-state index is 13.1. The van der Waals surface area contributed by atoms with Gasteiger partial charge in [-0.05, 0) is 36.6 Å². The SMILES string of the molecule is CCc1c(C(N)=O)cc(-c2ncc(F)cn2)cc1-c1cnc(C)s1. The summed E-state index contributed by atoms with van der Waals surface area (Å²) in [5, 5.41) is 0.927. The Kier molecular flexibility index (Phi) is 4.35. The number of hydrogen-bond donors (Lipinski definition) is 1. The molecule has 0 bridgehead atoms. The van der Waals surface area contributed by atoms with Gasteiger partial charge < -0.3 is 5.73 Å². The maximum atomic E-state index is 13.1. The molecule has 0 aliphatic carbocycles. The van der Waals surface area contributed by atoms with Crippen LogP contribution in [0.25, 0.3) is 21.8 Å². The largest absolute Gasteiger partial charge is 0.366 e. The van der Waals surface area contributed by atoms with Crippen molar-refractivity contribution in [2.24, 2.45) is 5.73 Å². The summed E-state index contributed by atoms with van der Waals surface area (Å²) in [6.07, 6.45) is 4.61. The van der Waals surface area contributed by atoms with Crippen molar-refractivity contribution in [1.82, 2.24) is 15.0 Å². The molecule has 0 aliphatic rings. The van der Waals surface area contributed by atoms with Crippen molar-refractivity contribution in [3.05, 3.63) is 52.7 Å². The molecule has 2 heterocycles. The van der Waals surface area contributed by atoms with Gasteiger partial charge in [0.05, 0.1) is 22.3 Å². The minimum Gasteiger partial charge on any atom is -0.366 e. The molecule has 122 valence electrons. The van der Waals surface area contributed by atoms with E-state index in [9.17, 15) is 9.18 Å². The van der Waals surface area contributed by atoms with Gasteiger partial charge in [-0.2, -0.15) is 0 Å². The van der Waals surface area contributed by atoms with Gasteiger partial charge in [0.25, 0.3) is 0 Å². The Balaban J connectivity index is 2.26. The summed E-state index contributed by atoms with van der Waals surface area (Å²) in [5.41, 5.74) is 8.33. The molecule has 0 aliphatic heterocycles. The van der Waals surface area contributed by atoms with Gasteiger partial charge in [0.2, 0.25) is 5.91 Å². The Morgan fingerprint density at radius 2 is 1.92 bits per heavy atom. The number of halogens is 1. The highest BCUT2D eigenvalue weighted by molar-refractivity contribution is 7.15. The molecule has 2 aromatic heterocycles. The lowest BCUT2D eigenvalue weighted by molar-refractivity contribution is 0.0999. The number of hydrogen-bond acceptors (Lipinski definition) is 5. The quantitative estimate of drug-likeness (QED) is 0.788. The van der Waals surface area contributed by atoms with Crippen LogP contribution >= 0.6 is 11.3 Å². The van der Waals surface area contributed by atoms with Crippen molar-refractivity contribution in [3.63, 3.8) is 0 Å². The maximum Gasteiger partial charge on any atom is 0.249 e. The number of aryl methyl sites for hydroxylation is 1. The van der Waals surface area contributed by atoms with Crippen molar-refractivity contribution in [1.29, 1.82) is 0 Å². The molecule has 0 spiro atoms. The predicted octanol–water partition coefficient (Wildman–Crippen LogP) is 3.38. The fourth-order valence-corrected chi connectivity index (χ4v) is 3.39. The Labute approximate surface area is 142 Å². The molecular weight excluding hydrogens is 327 g/mol. The highest BCUT2D eigenvalue weighted by atomic mass is 32.1. The van der Waals surface area contributed by atoms with Crippen LogP contribution in [0.3, 0.4) is 0 Å². The molecule has 3 rings (SSSR count). The summed E-state index contributed by atoms with van der Waals surface area (Å²) in [6.45, 7) is 3.88. The second kappa shape index (κ2) is 6.45. The van der Waals surface area contributed by atoms with Crippen LogP contribution in [-0.4, -0.2) is 20.9 Å². The number of nitrogens with two attached hydrogens (primary N) is 1. The Morgan fingerprint density at radius 3 is 2.46 bits per heavy atom. The number of primary amides is 1. The standard InChI is InChI=1S/C17H15FN4OS/c1-3-12-13(15-8-20-9(2)24-15)4-10(5-14(12)16(19)23)17-21-6-11(18)7-22-17/h4-8H,3H2,1-2H3,(H2,19,23). The second-order valence-electron chi connectivity index (χ2n) is 5.24. The lowest BCUT2D eigenvalue weighted by atomic mass is 9.94. The molecular formula is C17H15FN4OS. The Morgan fingerprint density at radius 1 is 1.21 bits per heavy atom. The van der Waals surface area contributed by atoms with E-state index in [1.165, 1.54) is 11.3 Å². The third kappa shape index (κ3) is 3.03. The number of aromatic nitrogens is 3. The first kappa shape index (κ1) is 16.2. The van der Waals surface area contributed by atoms with Crippen LogP contribution in [0.15, 0.2) is 30.7 Å². The average molecular weight is 342 g/mol. The third-order valence-corrected chi connectivity index (χ3v) is 4.58. The van der Waals surface area contributed by atoms with Crippen molar-refractivity contribution in [2.75, 3.05) is 0 Å². The van der Waals surface area contributed by atoms with Crippen LogP contribution in [-0.2, 0) is 6.42 Å².